The molecular formula is C27H38N4S. The number of amidine groups is 2. The van der Waals surface area contributed by atoms with E-state index in [1.54, 1.807) is 0 Å². The van der Waals surface area contributed by atoms with Crippen LogP contribution < -0.4 is 10.6 Å². The van der Waals surface area contributed by atoms with E-state index < -0.39 is 0 Å². The summed E-state index contributed by atoms with van der Waals surface area (Å²) in [5, 5.41) is 8.80. The monoisotopic (exact) mass is 450 g/mol. The van der Waals surface area contributed by atoms with Gasteiger partial charge in [-0.05, 0) is 29.9 Å². The summed E-state index contributed by atoms with van der Waals surface area (Å²) in [5.41, 5.74) is 1.37. The van der Waals surface area contributed by atoms with Crippen LogP contribution in [0.3, 0.4) is 0 Å². The van der Waals surface area contributed by atoms with Crippen LogP contribution in [-0.2, 0) is 12.8 Å². The normalized spacial score (nSPS) is 15.7. The number of rotatable bonds is 6. The third-order valence-corrected chi connectivity index (χ3v) is 5.89. The first kappa shape index (κ1) is 25.6. The zero-order chi connectivity index (χ0) is 22.9. The lowest BCUT2D eigenvalue weighted by Gasteiger charge is -2.15. The molecule has 1 aromatic carbocycles. The first-order chi connectivity index (χ1) is 15.8. The molecule has 0 amide bonds. The fraction of sp³-hybridized carbons (Fsp3) is 0.407. The maximum atomic E-state index is 4.54. The molecule has 172 valence electrons. The molecule has 2 aliphatic rings. The zero-order valence-corrected chi connectivity index (χ0v) is 20.6. The minimum Gasteiger partial charge on any atom is -0.370 e. The number of benzene rings is 1. The van der Waals surface area contributed by atoms with Gasteiger partial charge in [0.25, 0.3) is 0 Å². The number of nitrogens with zero attached hydrogens (tertiary/aromatic N) is 2. The van der Waals surface area contributed by atoms with Gasteiger partial charge in [-0.1, -0.05) is 81.5 Å². The van der Waals surface area contributed by atoms with Crippen molar-refractivity contribution in [3.8, 4) is 0 Å². The van der Waals surface area contributed by atoms with Crippen LogP contribution in [0.4, 0.5) is 0 Å². The topological polar surface area (TPSA) is 48.8 Å². The van der Waals surface area contributed by atoms with E-state index in [9.17, 15) is 0 Å². The molecular weight excluding hydrogens is 412 g/mol. The molecule has 1 atom stereocenters. The second-order valence-electron chi connectivity index (χ2n) is 7.39. The highest BCUT2D eigenvalue weighted by atomic mass is 32.1. The van der Waals surface area contributed by atoms with Crippen LogP contribution >= 0.6 is 11.3 Å². The fourth-order valence-corrected chi connectivity index (χ4v) is 4.05. The van der Waals surface area contributed by atoms with Gasteiger partial charge < -0.3 is 10.6 Å². The molecule has 0 saturated heterocycles. The lowest BCUT2D eigenvalue weighted by atomic mass is 10.00. The first-order valence-corrected chi connectivity index (χ1v) is 12.6. The largest absolute Gasteiger partial charge is 0.370 e. The van der Waals surface area contributed by atoms with Gasteiger partial charge in [0.05, 0.1) is 18.9 Å². The van der Waals surface area contributed by atoms with Gasteiger partial charge in [-0.15, -0.1) is 11.3 Å². The summed E-state index contributed by atoms with van der Waals surface area (Å²) in [5.74, 6) is 2.74. The van der Waals surface area contributed by atoms with Crippen molar-refractivity contribution in [1.82, 2.24) is 10.6 Å². The smallest absolute Gasteiger partial charge is 0.100 e. The second-order valence-corrected chi connectivity index (χ2v) is 8.42. The van der Waals surface area contributed by atoms with E-state index in [1.807, 2.05) is 25.2 Å². The van der Waals surface area contributed by atoms with Crippen LogP contribution in [0.15, 0.2) is 82.1 Å². The number of thiophene rings is 1. The Kier molecular flexibility index (Phi) is 12.8. The number of nitrogens with one attached hydrogen (secondary N) is 2. The average molecular weight is 451 g/mol. The van der Waals surface area contributed by atoms with Crippen molar-refractivity contribution in [3.05, 3.63) is 82.6 Å². The molecule has 5 heteroatoms. The molecule has 0 aliphatic carbocycles. The summed E-state index contributed by atoms with van der Waals surface area (Å²) >= 11 is 1.82. The van der Waals surface area contributed by atoms with Crippen LogP contribution in [0.1, 0.15) is 37.6 Å². The zero-order valence-electron chi connectivity index (χ0n) is 19.8. The third-order valence-electron chi connectivity index (χ3n) is 4.95. The van der Waals surface area contributed by atoms with E-state index >= 15 is 0 Å². The van der Waals surface area contributed by atoms with Crippen LogP contribution in [0.25, 0.3) is 0 Å². The van der Waals surface area contributed by atoms with Gasteiger partial charge >= 0.3 is 0 Å². The fourth-order valence-electron chi connectivity index (χ4n) is 3.34. The Morgan fingerprint density at radius 3 is 2.28 bits per heavy atom. The Labute approximate surface area is 198 Å². The van der Waals surface area contributed by atoms with E-state index in [1.165, 1.54) is 10.4 Å². The van der Waals surface area contributed by atoms with E-state index in [0.29, 0.717) is 5.92 Å². The van der Waals surface area contributed by atoms with Gasteiger partial charge in [-0.2, -0.15) is 0 Å². The van der Waals surface area contributed by atoms with Gasteiger partial charge in [-0.3, -0.25) is 9.98 Å². The van der Waals surface area contributed by atoms with Crippen molar-refractivity contribution in [2.75, 3.05) is 26.2 Å². The molecule has 2 aromatic rings. The number of aliphatic imine (C=N–C) groups is 2. The van der Waals surface area contributed by atoms with E-state index in [-0.39, 0.29) is 0 Å². The van der Waals surface area contributed by atoms with Crippen molar-refractivity contribution >= 4 is 23.0 Å². The van der Waals surface area contributed by atoms with Crippen molar-refractivity contribution in [2.24, 2.45) is 15.9 Å². The van der Waals surface area contributed by atoms with E-state index in [0.717, 1.165) is 57.1 Å². The van der Waals surface area contributed by atoms with Crippen molar-refractivity contribution in [2.45, 2.75) is 40.0 Å². The summed E-state index contributed by atoms with van der Waals surface area (Å²) in [4.78, 5) is 10.4. The van der Waals surface area contributed by atoms with E-state index in [4.69, 9.17) is 0 Å². The molecule has 32 heavy (non-hydrogen) atoms. The van der Waals surface area contributed by atoms with Crippen molar-refractivity contribution in [1.29, 1.82) is 0 Å². The SMILES string of the molecule is C1=CCNC(CCc2cccs2)=NC1.CC.CC(Cc1ccccc1)C1=NCC=CCN1. The minimum atomic E-state index is 0.460. The van der Waals surface area contributed by atoms with Gasteiger partial charge in [-0.25, -0.2) is 0 Å². The molecule has 0 bridgehead atoms. The first-order valence-electron chi connectivity index (χ1n) is 11.7. The number of hydrogen-bond donors (Lipinski definition) is 2. The number of hydrogen-bond acceptors (Lipinski definition) is 5. The molecule has 2 aliphatic heterocycles. The molecule has 0 saturated carbocycles. The van der Waals surface area contributed by atoms with Crippen molar-refractivity contribution < 1.29 is 0 Å². The number of aryl methyl sites for hydroxylation is 1. The molecule has 1 aromatic heterocycles. The second kappa shape index (κ2) is 16.0. The highest BCUT2D eigenvalue weighted by Crippen LogP contribution is 2.11. The Hall–Kier alpha value is -2.66. The molecule has 2 N–H and O–H groups in total. The predicted octanol–water partition coefficient (Wildman–Crippen LogP) is 5.69. The molecule has 1 unspecified atom stereocenters. The van der Waals surface area contributed by atoms with Gasteiger partial charge in [0, 0.05) is 30.3 Å². The lowest BCUT2D eigenvalue weighted by Crippen LogP contribution is -2.30. The highest BCUT2D eigenvalue weighted by molar-refractivity contribution is 7.09. The summed E-state index contributed by atoms with van der Waals surface area (Å²) in [6.07, 6.45) is 11.6. The van der Waals surface area contributed by atoms with Crippen LogP contribution in [0.5, 0.6) is 0 Å². The standard InChI is InChI=1S/C14H18N2.C11H14N2S.C2H6/c1-12(11-13-7-3-2-4-8-13)14-15-9-5-6-10-16-14;1-2-8-13-11(12-7-1)6-5-10-4-3-9-14-10;1-2/h2-8,12H,9-11H2,1H3,(H,15,16);1-4,9H,5-8H2,(H,12,13);1-2H3. The van der Waals surface area contributed by atoms with Crippen LogP contribution in [0, 0.1) is 5.92 Å². The summed E-state index contributed by atoms with van der Waals surface area (Å²) in [7, 11) is 0. The van der Waals surface area contributed by atoms with Gasteiger partial charge in [0.1, 0.15) is 5.84 Å². The molecule has 0 radical (unpaired) electrons. The molecule has 0 spiro atoms. The maximum Gasteiger partial charge on any atom is 0.100 e. The average Bonchev–Trinajstić information content (AvgIpc) is 3.05. The predicted molar refractivity (Wildman–Crippen MR) is 142 cm³/mol. The molecule has 4 rings (SSSR count). The molecule has 0 fully saturated rings. The Morgan fingerprint density at radius 2 is 1.56 bits per heavy atom. The van der Waals surface area contributed by atoms with Gasteiger partial charge in [0.15, 0.2) is 0 Å². The van der Waals surface area contributed by atoms with Crippen molar-refractivity contribution in [3.63, 3.8) is 0 Å². The maximum absolute atomic E-state index is 4.54. The molecule has 4 nitrogen and oxygen atoms in total. The van der Waals surface area contributed by atoms with E-state index in [2.05, 4.69) is 99.7 Å². The Bertz CT molecular complexity index is 851. The minimum absolute atomic E-state index is 0.460. The summed E-state index contributed by atoms with van der Waals surface area (Å²) < 4.78 is 0. The summed E-state index contributed by atoms with van der Waals surface area (Å²) in [6, 6.07) is 14.9. The summed E-state index contributed by atoms with van der Waals surface area (Å²) in [6.45, 7) is 9.68. The molecule has 3 heterocycles. The highest BCUT2D eigenvalue weighted by Gasteiger charge is 2.11. The third kappa shape index (κ3) is 10.1. The quantitative estimate of drug-likeness (QED) is 0.556. The van der Waals surface area contributed by atoms with Crippen LogP contribution in [0.2, 0.25) is 0 Å². The van der Waals surface area contributed by atoms with Crippen LogP contribution in [-0.4, -0.2) is 37.9 Å². The van der Waals surface area contributed by atoms with Gasteiger partial charge in [0.2, 0.25) is 0 Å². The lowest BCUT2D eigenvalue weighted by molar-refractivity contribution is 0.730. The Balaban J connectivity index is 0.000000212. The Morgan fingerprint density at radius 1 is 0.844 bits per heavy atom.